The summed E-state index contributed by atoms with van der Waals surface area (Å²) in [4.78, 5) is 29.2. The maximum absolute atomic E-state index is 12.3. The van der Waals surface area contributed by atoms with E-state index in [1.54, 1.807) is 20.3 Å². The number of nitrogens with zero attached hydrogens (tertiary/aromatic N) is 5. The van der Waals surface area contributed by atoms with Crippen molar-refractivity contribution in [2.24, 2.45) is 0 Å². The maximum Gasteiger partial charge on any atom is 0.295 e. The van der Waals surface area contributed by atoms with E-state index in [-0.39, 0.29) is 17.8 Å². The molecule has 146 valence electrons. The lowest BCUT2D eigenvalue weighted by atomic mass is 10.2. The van der Waals surface area contributed by atoms with E-state index < -0.39 is 0 Å². The lowest BCUT2D eigenvalue weighted by molar-refractivity contribution is 0.0815. The van der Waals surface area contributed by atoms with Crippen LogP contribution in [0.5, 0.6) is 0 Å². The van der Waals surface area contributed by atoms with Gasteiger partial charge in [0.25, 0.3) is 11.9 Å². The van der Waals surface area contributed by atoms with Gasteiger partial charge in [0, 0.05) is 50.4 Å². The number of rotatable bonds is 5. The average molecular weight is 372 g/mol. The first-order valence-corrected chi connectivity index (χ1v) is 9.30. The molecule has 0 radical (unpaired) electrons. The Morgan fingerprint density at radius 1 is 1.33 bits per heavy atom. The van der Waals surface area contributed by atoms with Crippen molar-refractivity contribution in [2.45, 2.75) is 46.1 Å². The molecule has 0 aromatic carbocycles. The molecule has 0 spiro atoms. The minimum absolute atomic E-state index is 0.186. The normalized spacial score (nSPS) is 16.9. The van der Waals surface area contributed by atoms with Gasteiger partial charge >= 0.3 is 0 Å². The van der Waals surface area contributed by atoms with Gasteiger partial charge in [-0.2, -0.15) is 0 Å². The van der Waals surface area contributed by atoms with Crippen molar-refractivity contribution >= 4 is 17.7 Å². The number of hydrogen-bond donors (Lipinski definition) is 1. The van der Waals surface area contributed by atoms with Crippen LogP contribution in [0.4, 0.5) is 11.8 Å². The van der Waals surface area contributed by atoms with E-state index in [0.717, 1.165) is 42.3 Å². The van der Waals surface area contributed by atoms with Crippen molar-refractivity contribution in [1.82, 2.24) is 19.9 Å². The predicted molar refractivity (Wildman–Crippen MR) is 104 cm³/mol. The van der Waals surface area contributed by atoms with Crippen molar-refractivity contribution in [3.8, 4) is 0 Å². The molecule has 1 saturated heterocycles. The van der Waals surface area contributed by atoms with Gasteiger partial charge in [0.05, 0.1) is 6.20 Å². The number of oxazole rings is 1. The number of nitrogens with one attached hydrogen (secondary N) is 1. The summed E-state index contributed by atoms with van der Waals surface area (Å²) in [5, 5.41) is 3.37. The molecule has 0 bridgehead atoms. The Balaban J connectivity index is 1.75. The molecule has 1 aliphatic rings. The molecule has 1 aliphatic heterocycles. The lowest BCUT2D eigenvalue weighted by Gasteiger charge is -2.21. The Labute approximate surface area is 160 Å². The van der Waals surface area contributed by atoms with Gasteiger partial charge < -0.3 is 19.5 Å². The molecular weight excluding hydrogens is 344 g/mol. The number of amides is 1. The van der Waals surface area contributed by atoms with Crippen LogP contribution in [-0.4, -0.2) is 59.0 Å². The maximum atomic E-state index is 12.3. The smallest absolute Gasteiger partial charge is 0.295 e. The quantitative estimate of drug-likeness (QED) is 0.863. The Hall–Kier alpha value is -2.64. The second kappa shape index (κ2) is 7.54. The number of anilines is 2. The van der Waals surface area contributed by atoms with Crippen molar-refractivity contribution < 1.29 is 9.21 Å². The minimum atomic E-state index is -0.186. The molecule has 3 rings (SSSR count). The van der Waals surface area contributed by atoms with Gasteiger partial charge in [-0.3, -0.25) is 4.79 Å². The molecular formula is C19H28N6O2. The summed E-state index contributed by atoms with van der Waals surface area (Å²) in [6.45, 7) is 9.69. The van der Waals surface area contributed by atoms with Crippen LogP contribution in [-0.2, 0) is 0 Å². The van der Waals surface area contributed by atoms with Crippen LogP contribution in [0.2, 0.25) is 0 Å². The largest absolute Gasteiger partial charge is 0.429 e. The van der Waals surface area contributed by atoms with Crippen LogP contribution in [0.15, 0.2) is 10.6 Å². The number of carbonyl (C=O) groups is 1. The van der Waals surface area contributed by atoms with Gasteiger partial charge in [0.1, 0.15) is 11.6 Å². The van der Waals surface area contributed by atoms with E-state index >= 15 is 0 Å². The van der Waals surface area contributed by atoms with Crippen LogP contribution in [0.1, 0.15) is 53.8 Å². The second-order valence-electron chi connectivity index (χ2n) is 7.58. The molecule has 1 amide bonds. The Bertz CT molecular complexity index is 830. The van der Waals surface area contributed by atoms with Gasteiger partial charge in [-0.05, 0) is 20.3 Å². The summed E-state index contributed by atoms with van der Waals surface area (Å²) >= 11 is 0. The van der Waals surface area contributed by atoms with E-state index in [9.17, 15) is 4.79 Å². The van der Waals surface area contributed by atoms with Crippen molar-refractivity contribution in [2.75, 3.05) is 37.4 Å². The van der Waals surface area contributed by atoms with Gasteiger partial charge in [-0.1, -0.05) is 13.8 Å². The first-order valence-electron chi connectivity index (χ1n) is 9.30. The average Bonchev–Trinajstić information content (AvgIpc) is 3.26. The molecule has 1 N–H and O–H groups in total. The highest BCUT2D eigenvalue weighted by Gasteiger charge is 2.27. The summed E-state index contributed by atoms with van der Waals surface area (Å²) in [5.74, 6) is 2.07. The van der Waals surface area contributed by atoms with Gasteiger partial charge in [-0.15, -0.1) is 0 Å². The SMILES string of the molecule is Cc1nc(C(=O)N(C)C)nc(N2CC[C@@H](Nc3ncc(C(C)C)o3)C2)c1C. The zero-order valence-electron chi connectivity index (χ0n) is 16.9. The second-order valence-corrected chi connectivity index (χ2v) is 7.58. The van der Waals surface area contributed by atoms with Gasteiger partial charge in [0.15, 0.2) is 0 Å². The van der Waals surface area contributed by atoms with E-state index in [4.69, 9.17) is 4.42 Å². The van der Waals surface area contributed by atoms with E-state index in [1.165, 1.54) is 4.90 Å². The third kappa shape index (κ3) is 4.04. The van der Waals surface area contributed by atoms with Crippen molar-refractivity contribution in [1.29, 1.82) is 0 Å². The molecule has 0 aliphatic carbocycles. The molecule has 2 aromatic rings. The summed E-state index contributed by atoms with van der Waals surface area (Å²) < 4.78 is 5.75. The molecule has 2 aromatic heterocycles. The first-order chi connectivity index (χ1) is 12.8. The molecule has 3 heterocycles. The first kappa shape index (κ1) is 19.1. The van der Waals surface area contributed by atoms with Crippen molar-refractivity contribution in [3.63, 3.8) is 0 Å². The zero-order valence-corrected chi connectivity index (χ0v) is 16.9. The number of carbonyl (C=O) groups excluding carboxylic acids is 1. The third-order valence-corrected chi connectivity index (χ3v) is 4.87. The zero-order chi connectivity index (χ0) is 19.7. The van der Waals surface area contributed by atoms with Crippen LogP contribution >= 0.6 is 0 Å². The van der Waals surface area contributed by atoms with E-state index in [0.29, 0.717) is 11.9 Å². The van der Waals surface area contributed by atoms with Crippen LogP contribution < -0.4 is 10.2 Å². The minimum Gasteiger partial charge on any atom is -0.429 e. The molecule has 8 heteroatoms. The summed E-state index contributed by atoms with van der Waals surface area (Å²) in [7, 11) is 3.41. The molecule has 27 heavy (non-hydrogen) atoms. The van der Waals surface area contributed by atoms with Crippen LogP contribution in [0, 0.1) is 13.8 Å². The molecule has 1 atom stereocenters. The summed E-state index contributed by atoms with van der Waals surface area (Å²) in [6.07, 6.45) is 2.72. The lowest BCUT2D eigenvalue weighted by Crippen LogP contribution is -2.30. The van der Waals surface area contributed by atoms with Gasteiger partial charge in [0.2, 0.25) is 5.82 Å². The monoisotopic (exact) mass is 372 g/mol. The third-order valence-electron chi connectivity index (χ3n) is 4.87. The standard InChI is InChI=1S/C19H28N6O2/c1-11(2)15-9-20-19(27-15)22-14-7-8-25(10-14)17-12(3)13(4)21-16(23-17)18(26)24(5)6/h9,11,14H,7-8,10H2,1-6H3,(H,20,22)/t14-/m1/s1. The highest BCUT2D eigenvalue weighted by molar-refractivity contribution is 5.90. The predicted octanol–water partition coefficient (Wildman–Crippen LogP) is 2.60. The molecule has 1 fully saturated rings. The van der Waals surface area contributed by atoms with E-state index in [1.807, 2.05) is 13.8 Å². The van der Waals surface area contributed by atoms with Crippen LogP contribution in [0.25, 0.3) is 0 Å². The van der Waals surface area contributed by atoms with E-state index in [2.05, 4.69) is 39.0 Å². The van der Waals surface area contributed by atoms with Gasteiger partial charge in [-0.25, -0.2) is 15.0 Å². The Kier molecular flexibility index (Phi) is 5.34. The molecule has 8 nitrogen and oxygen atoms in total. The van der Waals surface area contributed by atoms with Crippen molar-refractivity contribution in [3.05, 3.63) is 29.0 Å². The Morgan fingerprint density at radius 2 is 2.07 bits per heavy atom. The molecule has 0 saturated carbocycles. The number of aryl methyl sites for hydroxylation is 1. The fourth-order valence-electron chi connectivity index (χ4n) is 3.08. The summed E-state index contributed by atoms with van der Waals surface area (Å²) in [6, 6.07) is 0.774. The number of hydrogen-bond acceptors (Lipinski definition) is 7. The Morgan fingerprint density at radius 3 is 2.70 bits per heavy atom. The topological polar surface area (TPSA) is 87.4 Å². The highest BCUT2D eigenvalue weighted by Crippen LogP contribution is 2.26. The van der Waals surface area contributed by atoms with Crippen LogP contribution in [0.3, 0.4) is 0 Å². The number of aromatic nitrogens is 3. The fourth-order valence-corrected chi connectivity index (χ4v) is 3.08. The molecule has 0 unspecified atom stereocenters. The highest BCUT2D eigenvalue weighted by atomic mass is 16.4. The summed E-state index contributed by atoms with van der Waals surface area (Å²) in [5.41, 5.74) is 1.83. The fraction of sp³-hybridized carbons (Fsp3) is 0.579.